The summed E-state index contributed by atoms with van der Waals surface area (Å²) in [5, 5.41) is 13.0. The molecule has 1 aliphatic heterocycles. The highest BCUT2D eigenvalue weighted by Gasteiger charge is 2.35. The van der Waals surface area contributed by atoms with Gasteiger partial charge in [0.2, 0.25) is 0 Å². The summed E-state index contributed by atoms with van der Waals surface area (Å²) in [7, 11) is 2.09. The van der Waals surface area contributed by atoms with Crippen molar-refractivity contribution in [3.8, 4) is 0 Å². The van der Waals surface area contributed by atoms with E-state index in [4.69, 9.17) is 4.74 Å². The molecule has 5 unspecified atom stereocenters. The van der Waals surface area contributed by atoms with E-state index in [2.05, 4.69) is 31.1 Å². The Morgan fingerprint density at radius 1 is 1.32 bits per heavy atom. The van der Waals surface area contributed by atoms with Crippen molar-refractivity contribution in [2.45, 2.75) is 38.8 Å². The summed E-state index contributed by atoms with van der Waals surface area (Å²) in [5.41, 5.74) is 0. The van der Waals surface area contributed by atoms with Gasteiger partial charge >= 0.3 is 0 Å². The second-order valence-electron chi connectivity index (χ2n) is 6.52. The summed E-state index contributed by atoms with van der Waals surface area (Å²) in [6.45, 7) is 8.49. The molecule has 19 heavy (non-hydrogen) atoms. The molecule has 5 atom stereocenters. The highest BCUT2D eigenvalue weighted by Crippen LogP contribution is 2.34. The minimum atomic E-state index is 0.192. The number of morpholine rings is 1. The van der Waals surface area contributed by atoms with Crippen molar-refractivity contribution >= 4 is 0 Å². The third-order valence-corrected chi connectivity index (χ3v) is 5.05. The van der Waals surface area contributed by atoms with Crippen LogP contribution in [0.25, 0.3) is 0 Å². The van der Waals surface area contributed by atoms with Gasteiger partial charge in [0.1, 0.15) is 0 Å². The summed E-state index contributed by atoms with van der Waals surface area (Å²) >= 11 is 0. The molecule has 0 spiro atoms. The summed E-state index contributed by atoms with van der Waals surface area (Å²) in [6, 6.07) is 0.804. The second-order valence-corrected chi connectivity index (χ2v) is 6.52. The Morgan fingerprint density at radius 3 is 2.79 bits per heavy atom. The average molecular weight is 270 g/mol. The standard InChI is InChI=1S/C15H30N2O2/c1-11-6-12(2)14(15(7-11)16-3)8-17-4-5-19-10-13(17)9-18/h11-16,18H,4-10H2,1-3H3. The normalized spacial score (nSPS) is 41.4. The van der Waals surface area contributed by atoms with Gasteiger partial charge in [0.05, 0.1) is 25.9 Å². The van der Waals surface area contributed by atoms with Gasteiger partial charge in [0, 0.05) is 19.1 Å². The van der Waals surface area contributed by atoms with Crippen molar-refractivity contribution < 1.29 is 9.84 Å². The van der Waals surface area contributed by atoms with Crippen LogP contribution < -0.4 is 5.32 Å². The van der Waals surface area contributed by atoms with Crippen LogP contribution >= 0.6 is 0 Å². The van der Waals surface area contributed by atoms with E-state index in [0.717, 1.165) is 31.5 Å². The van der Waals surface area contributed by atoms with E-state index in [-0.39, 0.29) is 12.6 Å². The van der Waals surface area contributed by atoms with Gasteiger partial charge in [-0.15, -0.1) is 0 Å². The summed E-state index contributed by atoms with van der Waals surface area (Å²) in [6.07, 6.45) is 2.61. The van der Waals surface area contributed by atoms with E-state index in [1.165, 1.54) is 12.8 Å². The van der Waals surface area contributed by atoms with E-state index >= 15 is 0 Å². The van der Waals surface area contributed by atoms with Gasteiger partial charge in [-0.1, -0.05) is 13.8 Å². The van der Waals surface area contributed by atoms with Crippen LogP contribution in [0.2, 0.25) is 0 Å². The summed E-state index contributed by atoms with van der Waals surface area (Å²) in [5.74, 6) is 2.26. The molecule has 1 saturated carbocycles. The topological polar surface area (TPSA) is 44.7 Å². The van der Waals surface area contributed by atoms with Crippen LogP contribution in [-0.2, 0) is 4.74 Å². The minimum Gasteiger partial charge on any atom is -0.395 e. The first-order valence-corrected chi connectivity index (χ1v) is 7.75. The first-order chi connectivity index (χ1) is 9.15. The molecule has 0 aromatic carbocycles. The summed E-state index contributed by atoms with van der Waals surface area (Å²) in [4.78, 5) is 2.44. The van der Waals surface area contributed by atoms with E-state index in [0.29, 0.717) is 18.6 Å². The highest BCUT2D eigenvalue weighted by molar-refractivity contribution is 4.90. The maximum Gasteiger partial charge on any atom is 0.0644 e. The molecule has 1 aliphatic carbocycles. The van der Waals surface area contributed by atoms with E-state index in [1.807, 2.05) is 0 Å². The molecule has 2 N–H and O–H groups in total. The largest absolute Gasteiger partial charge is 0.395 e. The van der Waals surface area contributed by atoms with Crippen molar-refractivity contribution in [2.24, 2.45) is 17.8 Å². The molecule has 0 bridgehead atoms. The molecule has 4 nitrogen and oxygen atoms in total. The van der Waals surface area contributed by atoms with Crippen LogP contribution in [0.1, 0.15) is 26.7 Å². The van der Waals surface area contributed by atoms with Gasteiger partial charge < -0.3 is 15.2 Å². The quantitative estimate of drug-likeness (QED) is 0.798. The van der Waals surface area contributed by atoms with Gasteiger partial charge in [-0.25, -0.2) is 0 Å². The molecule has 2 fully saturated rings. The Kier molecular flexibility index (Phi) is 5.63. The van der Waals surface area contributed by atoms with Crippen LogP contribution in [0.5, 0.6) is 0 Å². The third-order valence-electron chi connectivity index (χ3n) is 5.05. The molecular weight excluding hydrogens is 240 g/mol. The smallest absolute Gasteiger partial charge is 0.0644 e. The van der Waals surface area contributed by atoms with Crippen LogP contribution in [0.15, 0.2) is 0 Å². The number of nitrogens with one attached hydrogen (secondary N) is 1. The number of rotatable bonds is 4. The number of hydrogen-bond donors (Lipinski definition) is 2. The Bertz CT molecular complexity index is 275. The molecule has 2 rings (SSSR count). The Labute approximate surface area is 117 Å². The van der Waals surface area contributed by atoms with Gasteiger partial charge in [-0.05, 0) is 37.6 Å². The fraction of sp³-hybridized carbons (Fsp3) is 1.00. The first kappa shape index (κ1) is 15.2. The maximum absolute atomic E-state index is 9.48. The number of hydrogen-bond acceptors (Lipinski definition) is 4. The molecule has 1 heterocycles. The summed E-state index contributed by atoms with van der Waals surface area (Å²) < 4.78 is 5.47. The number of nitrogens with zero attached hydrogens (tertiary/aromatic N) is 1. The van der Waals surface area contributed by atoms with Crippen LogP contribution in [0.3, 0.4) is 0 Å². The fourth-order valence-corrected chi connectivity index (χ4v) is 3.92. The van der Waals surface area contributed by atoms with Crippen molar-refractivity contribution in [2.75, 3.05) is 40.0 Å². The number of aliphatic hydroxyl groups excluding tert-OH is 1. The lowest BCUT2D eigenvalue weighted by Crippen LogP contribution is -2.54. The molecule has 1 saturated heterocycles. The van der Waals surface area contributed by atoms with E-state index in [1.54, 1.807) is 0 Å². The highest BCUT2D eigenvalue weighted by atomic mass is 16.5. The molecule has 0 radical (unpaired) electrons. The van der Waals surface area contributed by atoms with Gasteiger partial charge in [-0.3, -0.25) is 4.90 Å². The Hall–Kier alpha value is -0.160. The fourth-order valence-electron chi connectivity index (χ4n) is 3.92. The predicted octanol–water partition coefficient (Wildman–Crippen LogP) is 0.950. The molecule has 2 aliphatic rings. The van der Waals surface area contributed by atoms with Gasteiger partial charge in [-0.2, -0.15) is 0 Å². The van der Waals surface area contributed by atoms with Gasteiger partial charge in [0.25, 0.3) is 0 Å². The third kappa shape index (κ3) is 3.69. The number of ether oxygens (including phenoxy) is 1. The van der Waals surface area contributed by atoms with Crippen molar-refractivity contribution in [3.63, 3.8) is 0 Å². The average Bonchev–Trinajstić information content (AvgIpc) is 2.42. The predicted molar refractivity (Wildman–Crippen MR) is 77.2 cm³/mol. The minimum absolute atomic E-state index is 0.192. The van der Waals surface area contributed by atoms with Crippen molar-refractivity contribution in [3.05, 3.63) is 0 Å². The molecule has 0 aromatic heterocycles. The zero-order valence-electron chi connectivity index (χ0n) is 12.6. The first-order valence-electron chi connectivity index (χ1n) is 7.75. The SMILES string of the molecule is CNC1CC(C)CC(C)C1CN1CCOCC1CO. The zero-order chi connectivity index (χ0) is 13.8. The zero-order valence-corrected chi connectivity index (χ0v) is 12.6. The Morgan fingerprint density at radius 2 is 2.11 bits per heavy atom. The number of aliphatic hydroxyl groups is 1. The molecule has 0 aromatic rings. The molecular formula is C15H30N2O2. The molecule has 112 valence electrons. The Balaban J connectivity index is 1.98. The van der Waals surface area contributed by atoms with E-state index in [9.17, 15) is 5.11 Å². The van der Waals surface area contributed by atoms with Crippen molar-refractivity contribution in [1.82, 2.24) is 10.2 Å². The lowest BCUT2D eigenvalue weighted by atomic mass is 9.72. The van der Waals surface area contributed by atoms with Crippen LogP contribution in [-0.4, -0.2) is 62.0 Å². The van der Waals surface area contributed by atoms with Gasteiger partial charge in [0.15, 0.2) is 0 Å². The molecule has 0 amide bonds. The van der Waals surface area contributed by atoms with Crippen molar-refractivity contribution in [1.29, 1.82) is 0 Å². The lowest BCUT2D eigenvalue weighted by Gasteiger charge is -2.44. The van der Waals surface area contributed by atoms with Crippen LogP contribution in [0, 0.1) is 17.8 Å². The van der Waals surface area contributed by atoms with Crippen LogP contribution in [0.4, 0.5) is 0 Å². The lowest BCUT2D eigenvalue weighted by molar-refractivity contribution is -0.0432. The molecule has 4 heteroatoms. The monoisotopic (exact) mass is 270 g/mol. The second kappa shape index (κ2) is 7.02. The van der Waals surface area contributed by atoms with E-state index < -0.39 is 0 Å². The maximum atomic E-state index is 9.48.